The minimum absolute atomic E-state index is 0.0131. The first kappa shape index (κ1) is 15.2. The van der Waals surface area contributed by atoms with Crippen molar-refractivity contribution in [2.24, 2.45) is 5.92 Å². The van der Waals surface area contributed by atoms with Crippen LogP contribution in [-0.2, 0) is 9.53 Å². The average molecular weight is 253 g/mol. The van der Waals surface area contributed by atoms with Gasteiger partial charge < -0.3 is 9.64 Å². The summed E-state index contributed by atoms with van der Waals surface area (Å²) in [7, 11) is 0. The second-order valence-electron chi connectivity index (χ2n) is 5.47. The van der Waals surface area contributed by atoms with E-state index in [4.69, 9.17) is 4.74 Å². The van der Waals surface area contributed by atoms with E-state index in [0.29, 0.717) is 18.9 Å². The molecule has 0 aromatic heterocycles. The maximum absolute atomic E-state index is 11.7. The van der Waals surface area contributed by atoms with Gasteiger partial charge in [-0.25, -0.2) is 0 Å². The fourth-order valence-corrected chi connectivity index (χ4v) is 2.32. The Kier molecular flexibility index (Phi) is 6.41. The normalized spacial score (nSPS) is 20.9. The quantitative estimate of drug-likeness (QED) is 0.679. The molecular formula is C15H27NO2. The Labute approximate surface area is 111 Å². The van der Waals surface area contributed by atoms with E-state index in [1.165, 1.54) is 12.0 Å². The fraction of sp³-hybridized carbons (Fsp3) is 0.800. The lowest BCUT2D eigenvalue weighted by Crippen LogP contribution is -2.36. The molecule has 0 radical (unpaired) electrons. The van der Waals surface area contributed by atoms with Crippen molar-refractivity contribution in [2.75, 3.05) is 13.2 Å². The van der Waals surface area contributed by atoms with Crippen LogP contribution in [0.25, 0.3) is 0 Å². The van der Waals surface area contributed by atoms with Crippen LogP contribution in [-0.4, -0.2) is 30.2 Å². The summed E-state index contributed by atoms with van der Waals surface area (Å²) < 4.78 is 5.68. The van der Waals surface area contributed by atoms with Crippen LogP contribution >= 0.6 is 0 Å². The number of rotatable bonds is 6. The van der Waals surface area contributed by atoms with Crippen molar-refractivity contribution in [3.63, 3.8) is 0 Å². The summed E-state index contributed by atoms with van der Waals surface area (Å²) in [6.45, 7) is 9.87. The molecule has 0 bridgehead atoms. The van der Waals surface area contributed by atoms with E-state index >= 15 is 0 Å². The van der Waals surface area contributed by atoms with Crippen molar-refractivity contribution in [1.29, 1.82) is 0 Å². The summed E-state index contributed by atoms with van der Waals surface area (Å²) in [4.78, 5) is 13.6. The van der Waals surface area contributed by atoms with Gasteiger partial charge >= 0.3 is 0 Å². The molecule has 2 atom stereocenters. The topological polar surface area (TPSA) is 29.5 Å². The molecule has 104 valence electrons. The lowest BCUT2D eigenvalue weighted by Gasteiger charge is -2.25. The minimum atomic E-state index is 0.0131. The molecule has 3 nitrogen and oxygen atoms in total. The van der Waals surface area contributed by atoms with Gasteiger partial charge in [-0.15, -0.1) is 0 Å². The lowest BCUT2D eigenvalue weighted by molar-refractivity contribution is -0.136. The predicted molar refractivity (Wildman–Crippen MR) is 74.2 cm³/mol. The Hall–Kier alpha value is -0.830. The molecular weight excluding hydrogens is 226 g/mol. The zero-order valence-electron chi connectivity index (χ0n) is 12.2. The van der Waals surface area contributed by atoms with Crippen molar-refractivity contribution in [1.82, 2.24) is 4.90 Å². The second kappa shape index (κ2) is 7.57. The molecule has 0 aliphatic carbocycles. The Morgan fingerprint density at radius 1 is 1.50 bits per heavy atom. The number of carbonyl (C=O) groups excluding carboxylic acids is 1. The highest BCUT2D eigenvalue weighted by molar-refractivity contribution is 5.76. The second-order valence-corrected chi connectivity index (χ2v) is 5.47. The molecule has 1 saturated heterocycles. The zero-order valence-corrected chi connectivity index (χ0v) is 12.2. The van der Waals surface area contributed by atoms with Gasteiger partial charge in [-0.2, -0.15) is 0 Å². The maximum atomic E-state index is 11.7. The van der Waals surface area contributed by atoms with Crippen LogP contribution in [0.5, 0.6) is 0 Å². The third-order valence-electron chi connectivity index (χ3n) is 3.43. The smallest absolute Gasteiger partial charge is 0.224 e. The number of nitrogens with zero attached hydrogens (tertiary/aromatic N) is 1. The molecule has 0 spiro atoms. The number of ether oxygens (including phenoxy) is 1. The summed E-state index contributed by atoms with van der Waals surface area (Å²) in [6, 6.07) is 0. The maximum Gasteiger partial charge on any atom is 0.224 e. The summed E-state index contributed by atoms with van der Waals surface area (Å²) in [5.41, 5.74) is 1.38. The molecule has 1 heterocycles. The first-order valence-electron chi connectivity index (χ1n) is 7.09. The van der Waals surface area contributed by atoms with Gasteiger partial charge in [-0.3, -0.25) is 4.79 Å². The molecule has 1 aliphatic rings. The summed E-state index contributed by atoms with van der Waals surface area (Å²) in [5.74, 6) is 0.810. The number of hydrogen-bond acceptors (Lipinski definition) is 2. The van der Waals surface area contributed by atoms with E-state index < -0.39 is 0 Å². The van der Waals surface area contributed by atoms with E-state index in [2.05, 4.69) is 26.8 Å². The average Bonchev–Trinajstić information content (AvgIpc) is 2.75. The van der Waals surface area contributed by atoms with Crippen molar-refractivity contribution in [3.8, 4) is 0 Å². The highest BCUT2D eigenvalue weighted by atomic mass is 16.5. The highest BCUT2D eigenvalue weighted by Crippen LogP contribution is 2.22. The molecule has 1 rings (SSSR count). The third-order valence-corrected chi connectivity index (χ3v) is 3.43. The van der Waals surface area contributed by atoms with Gasteiger partial charge in [-0.1, -0.05) is 25.5 Å². The van der Waals surface area contributed by atoms with Crippen LogP contribution in [0, 0.1) is 5.92 Å². The number of allylic oxidation sites excluding steroid dienone is 2. The Morgan fingerprint density at radius 2 is 2.22 bits per heavy atom. The van der Waals surface area contributed by atoms with Gasteiger partial charge in [0.15, 0.2) is 0 Å². The molecule has 0 aromatic rings. The molecule has 0 N–H and O–H groups in total. The molecule has 18 heavy (non-hydrogen) atoms. The molecule has 1 fully saturated rings. The molecule has 0 aromatic carbocycles. The van der Waals surface area contributed by atoms with Crippen molar-refractivity contribution in [3.05, 3.63) is 11.6 Å². The highest BCUT2D eigenvalue weighted by Gasteiger charge is 2.29. The molecule has 0 unspecified atom stereocenters. The molecule has 0 saturated carbocycles. The van der Waals surface area contributed by atoms with E-state index in [1.54, 1.807) is 0 Å². The summed E-state index contributed by atoms with van der Waals surface area (Å²) >= 11 is 0. The molecule has 1 aliphatic heterocycles. The van der Waals surface area contributed by atoms with Gasteiger partial charge in [0.1, 0.15) is 6.23 Å². The van der Waals surface area contributed by atoms with Crippen LogP contribution < -0.4 is 0 Å². The van der Waals surface area contributed by atoms with Crippen molar-refractivity contribution in [2.45, 2.75) is 59.6 Å². The predicted octanol–water partition coefficient (Wildman–Crippen LogP) is 3.35. The van der Waals surface area contributed by atoms with E-state index in [1.807, 2.05) is 11.8 Å². The minimum Gasteiger partial charge on any atom is -0.356 e. The van der Waals surface area contributed by atoms with Crippen molar-refractivity contribution >= 4 is 5.91 Å². The Bertz CT molecular complexity index is 295. The zero-order chi connectivity index (χ0) is 13.5. The van der Waals surface area contributed by atoms with Crippen LogP contribution in [0.3, 0.4) is 0 Å². The van der Waals surface area contributed by atoms with Crippen LogP contribution in [0.1, 0.15) is 53.4 Å². The van der Waals surface area contributed by atoms with Gasteiger partial charge in [-0.05, 0) is 39.0 Å². The van der Waals surface area contributed by atoms with E-state index in [-0.39, 0.29) is 12.1 Å². The fourth-order valence-electron chi connectivity index (χ4n) is 2.32. The van der Waals surface area contributed by atoms with Gasteiger partial charge in [0.2, 0.25) is 5.91 Å². The Balaban J connectivity index is 2.36. The first-order chi connectivity index (χ1) is 8.54. The van der Waals surface area contributed by atoms with Crippen LogP contribution in [0.4, 0.5) is 0 Å². The van der Waals surface area contributed by atoms with Gasteiger partial charge in [0.25, 0.3) is 0 Å². The number of carbonyl (C=O) groups is 1. The standard InChI is InChI=1S/C15H27NO2/c1-5-14(17)16-9-10-18-15(16)11-13(4)8-6-7-12(2)3/h7,13,15H,5-6,8-11H2,1-4H3/t13-,15+/m0/s1. The van der Waals surface area contributed by atoms with Crippen molar-refractivity contribution < 1.29 is 9.53 Å². The summed E-state index contributed by atoms with van der Waals surface area (Å²) in [6.07, 6.45) is 6.12. The molecule has 1 amide bonds. The SMILES string of the molecule is CCC(=O)N1CCO[C@@H]1C[C@@H](C)CCC=C(C)C. The largest absolute Gasteiger partial charge is 0.356 e. The third kappa shape index (κ3) is 4.81. The van der Waals surface area contributed by atoms with Crippen LogP contribution in [0.15, 0.2) is 11.6 Å². The first-order valence-corrected chi connectivity index (χ1v) is 7.09. The van der Waals surface area contributed by atoms with E-state index in [9.17, 15) is 4.79 Å². The van der Waals surface area contributed by atoms with E-state index in [0.717, 1.165) is 19.4 Å². The number of amides is 1. The number of hydrogen-bond donors (Lipinski definition) is 0. The van der Waals surface area contributed by atoms with Gasteiger partial charge in [0, 0.05) is 13.0 Å². The monoisotopic (exact) mass is 253 g/mol. The lowest BCUT2D eigenvalue weighted by atomic mass is 9.99. The van der Waals surface area contributed by atoms with Crippen LogP contribution in [0.2, 0.25) is 0 Å². The molecule has 3 heteroatoms. The summed E-state index contributed by atoms with van der Waals surface area (Å²) in [5, 5.41) is 0. The Morgan fingerprint density at radius 3 is 2.83 bits per heavy atom. The van der Waals surface area contributed by atoms with Gasteiger partial charge in [0.05, 0.1) is 6.61 Å².